The Morgan fingerprint density at radius 3 is 2.15 bits per heavy atom. The van der Waals surface area contributed by atoms with E-state index < -0.39 is 29.5 Å². The summed E-state index contributed by atoms with van der Waals surface area (Å²) < 4.78 is 15.5. The van der Waals surface area contributed by atoms with Crippen LogP contribution in [0.25, 0.3) is 0 Å². The molecule has 1 amide bonds. The lowest BCUT2D eigenvalue weighted by Crippen LogP contribution is -2.43. The smallest absolute Gasteiger partial charge is 0.328 e. The molecule has 1 aromatic rings. The Kier molecular flexibility index (Phi) is 8.28. The minimum atomic E-state index is -0.950. The highest BCUT2D eigenvalue weighted by Crippen LogP contribution is 2.13. The van der Waals surface area contributed by atoms with Crippen LogP contribution in [0.4, 0.5) is 0 Å². The highest BCUT2D eigenvalue weighted by Gasteiger charge is 2.26. The van der Waals surface area contributed by atoms with Crippen LogP contribution in [0.2, 0.25) is 0 Å². The van der Waals surface area contributed by atoms with Crippen molar-refractivity contribution >= 4 is 17.8 Å². The van der Waals surface area contributed by atoms with Crippen molar-refractivity contribution in [3.63, 3.8) is 0 Å². The molecule has 0 heterocycles. The maximum absolute atomic E-state index is 12.4. The van der Waals surface area contributed by atoms with Gasteiger partial charge in [-0.3, -0.25) is 9.59 Å². The van der Waals surface area contributed by atoms with Crippen molar-refractivity contribution in [2.24, 2.45) is 0 Å². The zero-order valence-electron chi connectivity index (χ0n) is 16.8. The molecule has 0 aliphatic heterocycles. The normalized spacial score (nSPS) is 12.3. The molecular weight excluding hydrogens is 350 g/mol. The largest absolute Gasteiger partial charge is 0.497 e. The quantitative estimate of drug-likeness (QED) is 0.699. The average Bonchev–Trinajstić information content (AvgIpc) is 2.56. The van der Waals surface area contributed by atoms with Crippen LogP contribution in [0.5, 0.6) is 5.75 Å². The Balaban J connectivity index is 2.79. The molecule has 0 unspecified atom stereocenters. The zero-order chi connectivity index (χ0) is 20.6. The Morgan fingerprint density at radius 1 is 1.07 bits per heavy atom. The lowest BCUT2D eigenvalue weighted by atomic mass is 10.1. The van der Waals surface area contributed by atoms with Gasteiger partial charge < -0.3 is 19.5 Å². The van der Waals surface area contributed by atoms with Crippen molar-refractivity contribution in [2.45, 2.75) is 65.2 Å². The number of hydrogen-bond acceptors (Lipinski definition) is 6. The first-order valence-electron chi connectivity index (χ1n) is 8.89. The predicted octanol–water partition coefficient (Wildman–Crippen LogP) is 2.87. The second kappa shape index (κ2) is 9.94. The average molecular weight is 379 g/mol. The van der Waals surface area contributed by atoms with Gasteiger partial charge in [0.1, 0.15) is 17.4 Å². The summed E-state index contributed by atoms with van der Waals surface area (Å²) in [7, 11) is 1.53. The highest BCUT2D eigenvalue weighted by atomic mass is 16.6. The minimum absolute atomic E-state index is 0.0158. The van der Waals surface area contributed by atoms with E-state index in [0.717, 1.165) is 0 Å². The molecule has 0 bridgehead atoms. The van der Waals surface area contributed by atoms with Crippen molar-refractivity contribution in [1.29, 1.82) is 0 Å². The molecule has 7 heteroatoms. The minimum Gasteiger partial charge on any atom is -0.497 e. The summed E-state index contributed by atoms with van der Waals surface area (Å²) in [5, 5.41) is 2.63. The van der Waals surface area contributed by atoms with Crippen molar-refractivity contribution < 1.29 is 28.6 Å². The molecule has 0 saturated heterocycles. The van der Waals surface area contributed by atoms with E-state index in [4.69, 9.17) is 14.2 Å². The van der Waals surface area contributed by atoms with Gasteiger partial charge in [-0.15, -0.1) is 0 Å². The van der Waals surface area contributed by atoms with Crippen molar-refractivity contribution in [2.75, 3.05) is 7.11 Å². The number of hydrogen-bond donors (Lipinski definition) is 1. The summed E-state index contributed by atoms with van der Waals surface area (Å²) >= 11 is 0. The summed E-state index contributed by atoms with van der Waals surface area (Å²) in [5.74, 6) is -0.848. The van der Waals surface area contributed by atoms with E-state index in [-0.39, 0.29) is 18.9 Å². The first kappa shape index (κ1) is 22.5. The second-order valence-corrected chi connectivity index (χ2v) is 7.37. The van der Waals surface area contributed by atoms with Crippen LogP contribution >= 0.6 is 0 Å². The third-order valence-corrected chi connectivity index (χ3v) is 3.35. The third-order valence-electron chi connectivity index (χ3n) is 3.35. The number of methoxy groups -OCH3 is 1. The fourth-order valence-corrected chi connectivity index (χ4v) is 2.20. The Labute approximate surface area is 160 Å². The fraction of sp³-hybridized carbons (Fsp3) is 0.550. The molecule has 150 valence electrons. The first-order valence-corrected chi connectivity index (χ1v) is 8.89. The molecule has 0 aromatic heterocycles. The number of esters is 2. The zero-order valence-corrected chi connectivity index (χ0v) is 16.8. The molecule has 0 fully saturated rings. The van der Waals surface area contributed by atoms with E-state index in [1.165, 1.54) is 7.11 Å². The summed E-state index contributed by atoms with van der Waals surface area (Å²) in [6.07, 6.45) is -0.264. The second-order valence-electron chi connectivity index (χ2n) is 7.37. The summed E-state index contributed by atoms with van der Waals surface area (Å²) in [6, 6.07) is 5.53. The van der Waals surface area contributed by atoms with Gasteiger partial charge in [-0.25, -0.2) is 4.79 Å². The Bertz CT molecular complexity index is 645. The topological polar surface area (TPSA) is 90.9 Å². The molecule has 0 saturated carbocycles. The van der Waals surface area contributed by atoms with Crippen LogP contribution in [0.15, 0.2) is 24.3 Å². The molecular formula is C20H29NO6. The first-order chi connectivity index (χ1) is 12.5. The predicted molar refractivity (Wildman–Crippen MR) is 101 cm³/mol. The van der Waals surface area contributed by atoms with Gasteiger partial charge >= 0.3 is 11.9 Å². The van der Waals surface area contributed by atoms with Gasteiger partial charge in [0, 0.05) is 12.0 Å². The number of nitrogens with one attached hydrogen (secondary N) is 1. The number of amides is 1. The van der Waals surface area contributed by atoms with Crippen LogP contribution in [0.3, 0.4) is 0 Å². The van der Waals surface area contributed by atoms with E-state index in [0.29, 0.717) is 11.3 Å². The van der Waals surface area contributed by atoms with Crippen molar-refractivity contribution in [3.8, 4) is 5.75 Å². The van der Waals surface area contributed by atoms with E-state index in [1.54, 1.807) is 58.9 Å². The number of benzene rings is 1. The van der Waals surface area contributed by atoms with Gasteiger partial charge in [0.25, 0.3) is 5.91 Å². The SMILES string of the molecule is COc1ccc(C(=O)N[C@@H](CCC(=O)OC(C)(C)C)C(=O)OC(C)C)cc1. The summed E-state index contributed by atoms with van der Waals surface area (Å²) in [6.45, 7) is 8.73. The Hall–Kier alpha value is -2.57. The molecule has 1 aromatic carbocycles. The van der Waals surface area contributed by atoms with Gasteiger partial charge in [-0.05, 0) is 65.3 Å². The highest BCUT2D eigenvalue weighted by molar-refractivity contribution is 5.97. The number of ether oxygens (including phenoxy) is 3. The van der Waals surface area contributed by atoms with Crippen LogP contribution in [0.1, 0.15) is 57.8 Å². The van der Waals surface area contributed by atoms with Crippen molar-refractivity contribution in [3.05, 3.63) is 29.8 Å². The summed E-state index contributed by atoms with van der Waals surface area (Å²) in [5.41, 5.74) is -0.243. The summed E-state index contributed by atoms with van der Waals surface area (Å²) in [4.78, 5) is 36.7. The van der Waals surface area contributed by atoms with Gasteiger partial charge in [-0.2, -0.15) is 0 Å². The molecule has 1 atom stereocenters. The van der Waals surface area contributed by atoms with Crippen LogP contribution in [-0.4, -0.2) is 42.7 Å². The standard InChI is InChI=1S/C20H29NO6/c1-13(2)26-19(24)16(11-12-17(22)27-20(3,4)5)21-18(23)14-7-9-15(25-6)10-8-14/h7-10,13,16H,11-12H2,1-6H3,(H,21,23)/t16-/m0/s1. The van der Waals surface area contributed by atoms with E-state index in [1.807, 2.05) is 0 Å². The van der Waals surface area contributed by atoms with Gasteiger partial charge in [0.2, 0.25) is 0 Å². The molecule has 0 aliphatic carbocycles. The number of carbonyl (C=O) groups excluding carboxylic acids is 3. The number of carbonyl (C=O) groups is 3. The molecule has 1 N–H and O–H groups in total. The van der Waals surface area contributed by atoms with E-state index >= 15 is 0 Å². The molecule has 0 radical (unpaired) electrons. The molecule has 0 spiro atoms. The van der Waals surface area contributed by atoms with E-state index in [9.17, 15) is 14.4 Å². The van der Waals surface area contributed by atoms with Gasteiger partial charge in [0.05, 0.1) is 13.2 Å². The van der Waals surface area contributed by atoms with Gasteiger partial charge in [-0.1, -0.05) is 0 Å². The van der Waals surface area contributed by atoms with E-state index in [2.05, 4.69) is 5.32 Å². The number of rotatable bonds is 8. The molecule has 0 aliphatic rings. The monoisotopic (exact) mass is 379 g/mol. The lowest BCUT2D eigenvalue weighted by Gasteiger charge is -2.22. The lowest BCUT2D eigenvalue weighted by molar-refractivity contribution is -0.155. The van der Waals surface area contributed by atoms with Gasteiger partial charge in [0.15, 0.2) is 0 Å². The van der Waals surface area contributed by atoms with Crippen LogP contribution < -0.4 is 10.1 Å². The maximum atomic E-state index is 12.4. The molecule has 7 nitrogen and oxygen atoms in total. The fourth-order valence-electron chi connectivity index (χ4n) is 2.20. The third kappa shape index (κ3) is 8.57. The van der Waals surface area contributed by atoms with Crippen LogP contribution in [-0.2, 0) is 19.1 Å². The molecule has 27 heavy (non-hydrogen) atoms. The van der Waals surface area contributed by atoms with Crippen LogP contribution in [0, 0.1) is 0 Å². The van der Waals surface area contributed by atoms with Crippen molar-refractivity contribution in [1.82, 2.24) is 5.32 Å². The molecule has 1 rings (SSSR count). The maximum Gasteiger partial charge on any atom is 0.328 e. The Morgan fingerprint density at radius 2 is 1.67 bits per heavy atom.